The van der Waals surface area contributed by atoms with Gasteiger partial charge in [-0.2, -0.15) is 11.3 Å². The Morgan fingerprint density at radius 2 is 2.07 bits per heavy atom. The van der Waals surface area contributed by atoms with Gasteiger partial charge < -0.3 is 5.73 Å². The molecule has 0 amide bonds. The molecule has 1 heterocycles. The third kappa shape index (κ3) is 1.86. The van der Waals surface area contributed by atoms with E-state index in [0.717, 1.165) is 0 Å². The summed E-state index contributed by atoms with van der Waals surface area (Å²) in [4.78, 5) is 0. The van der Waals surface area contributed by atoms with Gasteiger partial charge in [0.25, 0.3) is 0 Å². The largest absolute Gasteiger partial charge is 0.323 e. The molecule has 2 rings (SSSR count). The molecule has 1 aromatic rings. The molecule has 78 valence electrons. The van der Waals surface area contributed by atoms with Gasteiger partial charge in [-0.1, -0.05) is 26.2 Å². The highest BCUT2D eigenvalue weighted by Crippen LogP contribution is 2.44. The molecule has 2 N–H and O–H groups in total. The molecule has 1 nitrogen and oxygen atoms in total. The quantitative estimate of drug-likeness (QED) is 0.789. The monoisotopic (exact) mass is 209 g/mol. The van der Waals surface area contributed by atoms with Gasteiger partial charge in [0.1, 0.15) is 0 Å². The van der Waals surface area contributed by atoms with Crippen molar-refractivity contribution in [2.75, 3.05) is 0 Å². The van der Waals surface area contributed by atoms with E-state index in [4.69, 9.17) is 5.73 Å². The molecule has 1 saturated carbocycles. The SMILES string of the molecule is CC1(C(N)c2ccsc2)CCCCC1. The molecule has 1 aliphatic carbocycles. The fraction of sp³-hybridized carbons (Fsp3) is 0.667. The summed E-state index contributed by atoms with van der Waals surface area (Å²) in [6.07, 6.45) is 6.70. The van der Waals surface area contributed by atoms with Crippen LogP contribution < -0.4 is 5.73 Å². The first-order valence-corrected chi connectivity index (χ1v) is 6.44. The lowest BCUT2D eigenvalue weighted by Gasteiger charge is -2.38. The number of hydrogen-bond donors (Lipinski definition) is 1. The summed E-state index contributed by atoms with van der Waals surface area (Å²) in [5, 5.41) is 4.33. The van der Waals surface area contributed by atoms with Crippen LogP contribution in [0, 0.1) is 5.41 Å². The summed E-state index contributed by atoms with van der Waals surface area (Å²) in [6.45, 7) is 2.36. The minimum atomic E-state index is 0.244. The Hall–Kier alpha value is -0.340. The maximum Gasteiger partial charge on any atom is 0.0357 e. The highest BCUT2D eigenvalue weighted by molar-refractivity contribution is 7.07. The molecule has 1 aromatic heterocycles. The zero-order valence-corrected chi connectivity index (χ0v) is 9.65. The fourth-order valence-corrected chi connectivity index (χ4v) is 3.22. The molecule has 1 atom stereocenters. The molecule has 1 aliphatic rings. The van der Waals surface area contributed by atoms with Crippen molar-refractivity contribution in [2.45, 2.75) is 45.1 Å². The summed E-state index contributed by atoms with van der Waals surface area (Å²) in [7, 11) is 0. The van der Waals surface area contributed by atoms with Crippen LogP contribution in [0.25, 0.3) is 0 Å². The van der Waals surface area contributed by atoms with Crippen molar-refractivity contribution in [1.82, 2.24) is 0 Å². The molecule has 2 heteroatoms. The predicted molar refractivity (Wildman–Crippen MR) is 62.4 cm³/mol. The highest BCUT2D eigenvalue weighted by atomic mass is 32.1. The average molecular weight is 209 g/mol. The minimum Gasteiger partial charge on any atom is -0.323 e. The molecule has 0 spiro atoms. The van der Waals surface area contributed by atoms with E-state index >= 15 is 0 Å². The molecule has 1 unspecified atom stereocenters. The molecule has 0 aromatic carbocycles. The lowest BCUT2D eigenvalue weighted by Crippen LogP contribution is -2.33. The van der Waals surface area contributed by atoms with Crippen molar-refractivity contribution in [3.05, 3.63) is 22.4 Å². The zero-order chi connectivity index (χ0) is 10.0. The van der Waals surface area contributed by atoms with Crippen LogP contribution in [0.1, 0.15) is 50.6 Å². The van der Waals surface area contributed by atoms with E-state index in [1.165, 1.54) is 37.7 Å². The van der Waals surface area contributed by atoms with Crippen molar-refractivity contribution in [3.8, 4) is 0 Å². The second-order valence-electron chi connectivity index (χ2n) is 4.75. The summed E-state index contributed by atoms with van der Waals surface area (Å²) >= 11 is 1.75. The van der Waals surface area contributed by atoms with Crippen LogP contribution in [0.5, 0.6) is 0 Å². The van der Waals surface area contributed by atoms with Crippen molar-refractivity contribution < 1.29 is 0 Å². The molecule has 14 heavy (non-hydrogen) atoms. The second kappa shape index (κ2) is 4.03. The van der Waals surface area contributed by atoms with Gasteiger partial charge in [0.05, 0.1) is 0 Å². The average Bonchev–Trinajstić information content (AvgIpc) is 2.70. The molecule has 0 radical (unpaired) electrons. The zero-order valence-electron chi connectivity index (χ0n) is 8.83. The number of thiophene rings is 1. The third-order valence-electron chi connectivity index (χ3n) is 3.65. The Balaban J connectivity index is 2.13. The highest BCUT2D eigenvalue weighted by Gasteiger charge is 2.33. The van der Waals surface area contributed by atoms with Crippen LogP contribution in [-0.4, -0.2) is 0 Å². The van der Waals surface area contributed by atoms with Gasteiger partial charge in [-0.15, -0.1) is 0 Å². The molecule has 0 aliphatic heterocycles. The Morgan fingerprint density at radius 3 is 2.64 bits per heavy atom. The maximum atomic E-state index is 6.36. The van der Waals surface area contributed by atoms with E-state index in [0.29, 0.717) is 5.41 Å². The van der Waals surface area contributed by atoms with E-state index in [1.54, 1.807) is 11.3 Å². The smallest absolute Gasteiger partial charge is 0.0357 e. The number of rotatable bonds is 2. The summed E-state index contributed by atoms with van der Waals surface area (Å²) in [5.41, 5.74) is 8.03. The topological polar surface area (TPSA) is 26.0 Å². The van der Waals surface area contributed by atoms with Crippen LogP contribution in [0.15, 0.2) is 16.8 Å². The van der Waals surface area contributed by atoms with E-state index in [1.807, 2.05) is 0 Å². The van der Waals surface area contributed by atoms with E-state index < -0.39 is 0 Å². The standard InChI is InChI=1S/C12H19NS/c1-12(6-3-2-4-7-12)11(13)10-5-8-14-9-10/h5,8-9,11H,2-4,6-7,13H2,1H3. The van der Waals surface area contributed by atoms with E-state index in [2.05, 4.69) is 23.8 Å². The van der Waals surface area contributed by atoms with Crippen LogP contribution in [0.3, 0.4) is 0 Å². The first-order valence-electron chi connectivity index (χ1n) is 5.50. The van der Waals surface area contributed by atoms with Gasteiger partial charge in [0.2, 0.25) is 0 Å². The van der Waals surface area contributed by atoms with Crippen molar-refractivity contribution in [2.24, 2.45) is 11.1 Å². The Kier molecular flexibility index (Phi) is 2.93. The van der Waals surface area contributed by atoms with Crippen molar-refractivity contribution in [1.29, 1.82) is 0 Å². The minimum absolute atomic E-state index is 0.244. The van der Waals surface area contributed by atoms with Gasteiger partial charge in [0, 0.05) is 6.04 Å². The third-order valence-corrected chi connectivity index (χ3v) is 4.35. The molecule has 0 bridgehead atoms. The summed E-state index contributed by atoms with van der Waals surface area (Å²) in [6, 6.07) is 2.42. The summed E-state index contributed by atoms with van der Waals surface area (Å²) < 4.78 is 0. The molecule has 1 fully saturated rings. The normalized spacial score (nSPS) is 23.3. The second-order valence-corrected chi connectivity index (χ2v) is 5.53. The van der Waals surface area contributed by atoms with Gasteiger partial charge in [-0.25, -0.2) is 0 Å². The molecule has 0 saturated heterocycles. The Labute approximate surface area is 90.3 Å². The first kappa shape index (κ1) is 10.2. The van der Waals surface area contributed by atoms with Crippen molar-refractivity contribution in [3.63, 3.8) is 0 Å². The van der Waals surface area contributed by atoms with Gasteiger partial charge in [0.15, 0.2) is 0 Å². The molecular formula is C12H19NS. The van der Waals surface area contributed by atoms with Gasteiger partial charge in [-0.3, -0.25) is 0 Å². The van der Waals surface area contributed by atoms with Crippen LogP contribution in [-0.2, 0) is 0 Å². The first-order chi connectivity index (χ1) is 6.72. The lowest BCUT2D eigenvalue weighted by atomic mass is 9.69. The fourth-order valence-electron chi connectivity index (χ4n) is 2.52. The lowest BCUT2D eigenvalue weighted by molar-refractivity contribution is 0.170. The van der Waals surface area contributed by atoms with Crippen LogP contribution >= 0.6 is 11.3 Å². The van der Waals surface area contributed by atoms with Gasteiger partial charge in [-0.05, 0) is 40.6 Å². The maximum absolute atomic E-state index is 6.36. The van der Waals surface area contributed by atoms with Gasteiger partial charge >= 0.3 is 0 Å². The molecular weight excluding hydrogens is 190 g/mol. The number of hydrogen-bond acceptors (Lipinski definition) is 2. The predicted octanol–water partition coefficient (Wildman–Crippen LogP) is 3.72. The van der Waals surface area contributed by atoms with Crippen LogP contribution in [0.2, 0.25) is 0 Å². The van der Waals surface area contributed by atoms with Crippen LogP contribution in [0.4, 0.5) is 0 Å². The van der Waals surface area contributed by atoms with E-state index in [9.17, 15) is 0 Å². The Morgan fingerprint density at radius 1 is 1.36 bits per heavy atom. The van der Waals surface area contributed by atoms with E-state index in [-0.39, 0.29) is 6.04 Å². The Bertz CT molecular complexity index is 273. The van der Waals surface area contributed by atoms with Crippen molar-refractivity contribution >= 4 is 11.3 Å². The number of nitrogens with two attached hydrogens (primary N) is 1. The summed E-state index contributed by atoms with van der Waals surface area (Å²) in [5.74, 6) is 0.